The lowest BCUT2D eigenvalue weighted by molar-refractivity contribution is -0.142. The quantitative estimate of drug-likeness (QED) is 0.588. The molecule has 0 aliphatic rings. The van der Waals surface area contributed by atoms with Crippen molar-refractivity contribution in [3.8, 4) is 0 Å². The van der Waals surface area contributed by atoms with Crippen molar-refractivity contribution in [3.05, 3.63) is 42.5 Å². The van der Waals surface area contributed by atoms with Crippen molar-refractivity contribution in [3.63, 3.8) is 0 Å². The highest BCUT2D eigenvalue weighted by Crippen LogP contribution is 2.14. The summed E-state index contributed by atoms with van der Waals surface area (Å²) in [6.45, 7) is 5.55. The number of carbonyl (C=O) groups is 3. The van der Waals surface area contributed by atoms with Crippen molar-refractivity contribution >= 4 is 23.5 Å². The lowest BCUT2D eigenvalue weighted by Crippen LogP contribution is -2.27. The second-order valence-corrected chi connectivity index (χ2v) is 4.05. The van der Waals surface area contributed by atoms with Gasteiger partial charge in [-0.15, -0.1) is 0 Å². The zero-order valence-corrected chi connectivity index (χ0v) is 11.8. The molecule has 0 saturated heterocycles. The predicted octanol–water partition coefficient (Wildman–Crippen LogP) is 1.49. The van der Waals surface area contributed by atoms with Crippen LogP contribution >= 0.6 is 0 Å². The number of anilines is 1. The average molecular weight is 290 g/mol. The molecule has 0 aliphatic carbocycles. The first-order valence-corrected chi connectivity index (χ1v) is 6.54. The Hall–Kier alpha value is -2.63. The third kappa shape index (κ3) is 5.48. The summed E-state index contributed by atoms with van der Waals surface area (Å²) in [6.07, 6.45) is 1.22. The lowest BCUT2D eigenvalue weighted by Gasteiger charge is -2.10. The van der Waals surface area contributed by atoms with Crippen LogP contribution in [0, 0.1) is 0 Å². The number of rotatable bonds is 7. The number of amides is 2. The highest BCUT2D eigenvalue weighted by atomic mass is 16.5. The maximum Gasteiger partial charge on any atom is 0.307 e. The fraction of sp³-hybridized carbons (Fsp3) is 0.267. The van der Waals surface area contributed by atoms with Gasteiger partial charge in [0, 0.05) is 6.54 Å². The predicted molar refractivity (Wildman–Crippen MR) is 78.9 cm³/mol. The monoisotopic (exact) mass is 290 g/mol. The van der Waals surface area contributed by atoms with E-state index in [1.807, 2.05) is 0 Å². The first kappa shape index (κ1) is 16.4. The highest BCUT2D eigenvalue weighted by Gasteiger charge is 2.12. The highest BCUT2D eigenvalue weighted by molar-refractivity contribution is 6.06. The van der Waals surface area contributed by atoms with Crippen LogP contribution in [0.3, 0.4) is 0 Å². The minimum Gasteiger partial charge on any atom is -0.466 e. The number of para-hydroxylation sites is 1. The first-order valence-electron chi connectivity index (χ1n) is 6.54. The molecule has 0 atom stereocenters. The summed E-state index contributed by atoms with van der Waals surface area (Å²) in [4.78, 5) is 34.5. The van der Waals surface area contributed by atoms with Gasteiger partial charge in [0.25, 0.3) is 5.91 Å². The Kier molecular flexibility index (Phi) is 6.67. The van der Waals surface area contributed by atoms with Gasteiger partial charge < -0.3 is 15.4 Å². The Morgan fingerprint density at radius 2 is 2.00 bits per heavy atom. The molecule has 6 nitrogen and oxygen atoms in total. The fourth-order valence-electron chi connectivity index (χ4n) is 1.58. The standard InChI is InChI=1S/C15H18N2O4/c1-3-13(18)17-12-8-6-5-7-11(12)15(20)16-10-9-14(19)21-4-2/h3,5-8H,1,4,9-10H2,2H3,(H,16,20)(H,17,18). The van der Waals surface area contributed by atoms with Gasteiger partial charge in [0.1, 0.15) is 0 Å². The molecule has 0 unspecified atom stereocenters. The van der Waals surface area contributed by atoms with Crippen molar-refractivity contribution in [1.82, 2.24) is 5.32 Å². The second kappa shape index (κ2) is 8.52. The molecule has 2 N–H and O–H groups in total. The molecule has 0 bridgehead atoms. The van der Waals surface area contributed by atoms with E-state index in [1.165, 1.54) is 0 Å². The zero-order valence-electron chi connectivity index (χ0n) is 11.8. The molecule has 0 aromatic heterocycles. The lowest BCUT2D eigenvalue weighted by atomic mass is 10.1. The topological polar surface area (TPSA) is 84.5 Å². The van der Waals surface area contributed by atoms with E-state index in [0.29, 0.717) is 17.9 Å². The second-order valence-electron chi connectivity index (χ2n) is 4.05. The van der Waals surface area contributed by atoms with Gasteiger partial charge in [-0.1, -0.05) is 18.7 Å². The number of ether oxygens (including phenoxy) is 1. The zero-order chi connectivity index (χ0) is 15.7. The Morgan fingerprint density at radius 3 is 2.67 bits per heavy atom. The van der Waals surface area contributed by atoms with Crippen LogP contribution in [0.1, 0.15) is 23.7 Å². The number of hydrogen-bond donors (Lipinski definition) is 2. The average Bonchev–Trinajstić information content (AvgIpc) is 2.47. The summed E-state index contributed by atoms with van der Waals surface area (Å²) >= 11 is 0. The van der Waals surface area contributed by atoms with Gasteiger partial charge in [0.2, 0.25) is 5.91 Å². The SMILES string of the molecule is C=CC(=O)Nc1ccccc1C(=O)NCCC(=O)OCC. The first-order chi connectivity index (χ1) is 10.1. The summed E-state index contributed by atoms with van der Waals surface area (Å²) in [5.41, 5.74) is 0.701. The van der Waals surface area contributed by atoms with Gasteiger partial charge in [-0.3, -0.25) is 14.4 Å². The van der Waals surface area contributed by atoms with E-state index >= 15 is 0 Å². The van der Waals surface area contributed by atoms with Crippen LogP contribution in [-0.2, 0) is 14.3 Å². The summed E-state index contributed by atoms with van der Waals surface area (Å²) in [5, 5.41) is 5.15. The van der Waals surface area contributed by atoms with Crippen LogP contribution in [0.25, 0.3) is 0 Å². The molecule has 21 heavy (non-hydrogen) atoms. The number of carbonyl (C=O) groups excluding carboxylic acids is 3. The molecule has 0 fully saturated rings. The van der Waals surface area contributed by atoms with Crippen molar-refractivity contribution in [2.45, 2.75) is 13.3 Å². The van der Waals surface area contributed by atoms with E-state index in [0.717, 1.165) is 6.08 Å². The molecular weight excluding hydrogens is 272 g/mol. The molecule has 0 radical (unpaired) electrons. The molecule has 2 amide bonds. The summed E-state index contributed by atoms with van der Waals surface area (Å²) in [5.74, 6) is -1.15. The van der Waals surface area contributed by atoms with E-state index in [2.05, 4.69) is 17.2 Å². The van der Waals surface area contributed by atoms with Crippen LogP contribution < -0.4 is 10.6 Å². The minimum atomic E-state index is -0.401. The fourth-order valence-corrected chi connectivity index (χ4v) is 1.58. The normalized spacial score (nSPS) is 9.57. The molecular formula is C15H18N2O4. The van der Waals surface area contributed by atoms with E-state index in [4.69, 9.17) is 4.74 Å². The van der Waals surface area contributed by atoms with Crippen LogP contribution in [0.15, 0.2) is 36.9 Å². The summed E-state index contributed by atoms with van der Waals surface area (Å²) in [6, 6.07) is 6.58. The molecule has 0 heterocycles. The van der Waals surface area contributed by atoms with Crippen molar-refractivity contribution in [2.75, 3.05) is 18.5 Å². The smallest absolute Gasteiger partial charge is 0.307 e. The largest absolute Gasteiger partial charge is 0.466 e. The Labute approximate surface area is 123 Å². The Morgan fingerprint density at radius 1 is 1.29 bits per heavy atom. The van der Waals surface area contributed by atoms with Crippen molar-refractivity contribution in [1.29, 1.82) is 0 Å². The summed E-state index contributed by atoms with van der Waals surface area (Å²) in [7, 11) is 0. The van der Waals surface area contributed by atoms with E-state index < -0.39 is 5.91 Å². The number of esters is 1. The third-order valence-electron chi connectivity index (χ3n) is 2.53. The summed E-state index contributed by atoms with van der Waals surface area (Å²) < 4.78 is 4.76. The number of nitrogens with one attached hydrogen (secondary N) is 2. The third-order valence-corrected chi connectivity index (χ3v) is 2.53. The Bertz CT molecular complexity index is 540. The molecule has 0 aliphatic heterocycles. The molecule has 0 spiro atoms. The van der Waals surface area contributed by atoms with Gasteiger partial charge >= 0.3 is 5.97 Å². The van der Waals surface area contributed by atoms with Gasteiger partial charge in [-0.05, 0) is 25.1 Å². The molecule has 1 aromatic carbocycles. The molecule has 112 valence electrons. The van der Waals surface area contributed by atoms with Crippen LogP contribution in [0.2, 0.25) is 0 Å². The van der Waals surface area contributed by atoms with Crippen molar-refractivity contribution in [2.24, 2.45) is 0 Å². The van der Waals surface area contributed by atoms with Crippen LogP contribution in [-0.4, -0.2) is 30.9 Å². The maximum absolute atomic E-state index is 12.0. The van der Waals surface area contributed by atoms with E-state index in [1.54, 1.807) is 31.2 Å². The van der Waals surface area contributed by atoms with Crippen LogP contribution in [0.4, 0.5) is 5.69 Å². The van der Waals surface area contributed by atoms with Crippen molar-refractivity contribution < 1.29 is 19.1 Å². The molecule has 1 aromatic rings. The molecule has 0 saturated carbocycles. The van der Waals surface area contributed by atoms with Gasteiger partial charge in [0.05, 0.1) is 24.3 Å². The van der Waals surface area contributed by atoms with Gasteiger partial charge in [0.15, 0.2) is 0 Å². The van der Waals surface area contributed by atoms with E-state index in [-0.39, 0.29) is 24.8 Å². The Balaban J connectivity index is 2.63. The number of benzene rings is 1. The maximum atomic E-state index is 12.0. The minimum absolute atomic E-state index is 0.0980. The van der Waals surface area contributed by atoms with Gasteiger partial charge in [-0.2, -0.15) is 0 Å². The molecule has 6 heteroatoms. The van der Waals surface area contributed by atoms with Crippen LogP contribution in [0.5, 0.6) is 0 Å². The number of hydrogen-bond acceptors (Lipinski definition) is 4. The van der Waals surface area contributed by atoms with Gasteiger partial charge in [-0.25, -0.2) is 0 Å². The molecule has 1 rings (SSSR count). The van der Waals surface area contributed by atoms with E-state index in [9.17, 15) is 14.4 Å².